The van der Waals surface area contributed by atoms with Gasteiger partial charge in [0.05, 0.1) is 36.8 Å². The van der Waals surface area contributed by atoms with Crippen molar-refractivity contribution >= 4 is 5.97 Å². The quantitative estimate of drug-likeness (QED) is 0.459. The second-order valence-electron chi connectivity index (χ2n) is 7.92. The Morgan fingerprint density at radius 2 is 2.00 bits per heavy atom. The van der Waals surface area contributed by atoms with E-state index >= 15 is 0 Å². The van der Waals surface area contributed by atoms with E-state index in [1.54, 1.807) is 19.2 Å². The van der Waals surface area contributed by atoms with Crippen LogP contribution in [-0.2, 0) is 14.3 Å². The van der Waals surface area contributed by atoms with Gasteiger partial charge in [-0.05, 0) is 45.4 Å². The first kappa shape index (κ1) is 24.9. The Morgan fingerprint density at radius 1 is 1.24 bits per heavy atom. The molecule has 8 heteroatoms. The molecule has 0 aromatic heterocycles. The summed E-state index contributed by atoms with van der Waals surface area (Å²) in [5, 5.41) is 21.6. The maximum absolute atomic E-state index is 13.5. The van der Waals surface area contributed by atoms with Crippen LogP contribution in [0.5, 0.6) is 5.75 Å². The number of rotatable bonds is 8. The van der Waals surface area contributed by atoms with Crippen molar-refractivity contribution in [1.82, 2.24) is 10.2 Å². The van der Waals surface area contributed by atoms with E-state index < -0.39 is 18.1 Å². The van der Waals surface area contributed by atoms with Gasteiger partial charge < -0.3 is 24.4 Å². The fourth-order valence-corrected chi connectivity index (χ4v) is 4.62. The first-order chi connectivity index (χ1) is 16.4. The van der Waals surface area contributed by atoms with Gasteiger partial charge in [0.2, 0.25) is 0 Å². The minimum Gasteiger partial charge on any atom is -0.496 e. The highest BCUT2D eigenvalue weighted by atomic mass is 16.5. The average molecular weight is 463 g/mol. The van der Waals surface area contributed by atoms with Gasteiger partial charge >= 0.3 is 5.97 Å². The number of nitriles is 2. The van der Waals surface area contributed by atoms with Crippen molar-refractivity contribution in [3.8, 4) is 17.9 Å². The van der Waals surface area contributed by atoms with E-state index in [1.165, 1.54) is 0 Å². The molecule has 1 N–H and O–H groups in total. The van der Waals surface area contributed by atoms with Crippen molar-refractivity contribution in [2.75, 3.05) is 26.9 Å². The number of dihydropyridines is 1. The molecule has 0 amide bonds. The Labute approximate surface area is 200 Å². The topological polar surface area (TPSA) is 108 Å². The minimum absolute atomic E-state index is 0.00738. The smallest absolute Gasteiger partial charge is 0.336 e. The van der Waals surface area contributed by atoms with Crippen LogP contribution in [0.4, 0.5) is 0 Å². The van der Waals surface area contributed by atoms with E-state index in [9.17, 15) is 10.1 Å². The van der Waals surface area contributed by atoms with Crippen molar-refractivity contribution in [3.63, 3.8) is 0 Å². The van der Waals surface area contributed by atoms with Gasteiger partial charge in [0.15, 0.2) is 6.23 Å². The number of likely N-dealkylation sites (N-methyl/N-ethyl adjacent to an activating group) is 1. The summed E-state index contributed by atoms with van der Waals surface area (Å²) in [6.45, 7) is 8.99. The molecule has 2 unspecified atom stereocenters. The number of hydrogen-bond acceptors (Lipinski definition) is 8. The molecule has 0 spiro atoms. The van der Waals surface area contributed by atoms with E-state index in [-0.39, 0.29) is 13.0 Å². The highest BCUT2D eigenvalue weighted by Crippen LogP contribution is 2.49. The molecule has 1 aromatic rings. The number of esters is 1. The third-order valence-electron chi connectivity index (χ3n) is 6.03. The third kappa shape index (κ3) is 4.50. The molecule has 1 aromatic carbocycles. The second kappa shape index (κ2) is 10.9. The van der Waals surface area contributed by atoms with Crippen LogP contribution in [0.25, 0.3) is 0 Å². The standard InChI is InChI=1S/C26H30N4O4/c1-6-30-17(4)21(26(31)34-12-8-11-27)22(19-10-9-18(14-28)13-20(19)32-5)23-24(30)16(3)15-29-25(23)33-7-2/h9-10,13,15,22,25,29H,6-8,12H2,1-5H3. The summed E-state index contributed by atoms with van der Waals surface area (Å²) in [5.41, 5.74) is 5.30. The van der Waals surface area contributed by atoms with Crippen molar-refractivity contribution in [2.45, 2.75) is 46.3 Å². The van der Waals surface area contributed by atoms with Gasteiger partial charge in [0.25, 0.3) is 0 Å². The normalized spacial score (nSPS) is 19.5. The summed E-state index contributed by atoms with van der Waals surface area (Å²) < 4.78 is 17.3. The van der Waals surface area contributed by atoms with Crippen molar-refractivity contribution in [3.05, 3.63) is 63.6 Å². The number of hydrogen-bond donors (Lipinski definition) is 1. The number of nitrogens with zero attached hydrogens (tertiary/aromatic N) is 3. The molecule has 2 aliphatic rings. The molecular weight excluding hydrogens is 432 g/mol. The van der Waals surface area contributed by atoms with Gasteiger partial charge in [-0.1, -0.05) is 6.07 Å². The number of benzene rings is 1. The lowest BCUT2D eigenvalue weighted by atomic mass is 9.76. The Balaban J connectivity index is 2.31. The van der Waals surface area contributed by atoms with Crippen LogP contribution in [0.1, 0.15) is 51.2 Å². The molecule has 0 saturated heterocycles. The highest BCUT2D eigenvalue weighted by molar-refractivity contribution is 5.93. The molecule has 0 radical (unpaired) electrons. The maximum Gasteiger partial charge on any atom is 0.336 e. The summed E-state index contributed by atoms with van der Waals surface area (Å²) in [6.07, 6.45) is 1.57. The van der Waals surface area contributed by atoms with Crippen molar-refractivity contribution in [1.29, 1.82) is 10.5 Å². The number of carbonyl (C=O) groups excluding carboxylic acids is 1. The third-order valence-corrected chi connectivity index (χ3v) is 6.03. The molecule has 2 heterocycles. The van der Waals surface area contributed by atoms with Crippen LogP contribution in [-0.4, -0.2) is 44.0 Å². The first-order valence-corrected chi connectivity index (χ1v) is 11.3. The predicted octanol–water partition coefficient (Wildman–Crippen LogP) is 3.84. The highest BCUT2D eigenvalue weighted by Gasteiger charge is 2.43. The summed E-state index contributed by atoms with van der Waals surface area (Å²) in [5.74, 6) is -0.530. The Bertz CT molecular complexity index is 1140. The zero-order valence-electron chi connectivity index (χ0n) is 20.3. The van der Waals surface area contributed by atoms with E-state index in [2.05, 4.69) is 16.3 Å². The van der Waals surface area contributed by atoms with Gasteiger partial charge in [-0.2, -0.15) is 10.5 Å². The number of ether oxygens (including phenoxy) is 3. The molecule has 0 saturated carbocycles. The Kier molecular flexibility index (Phi) is 7.99. The number of allylic oxidation sites excluding steroid dienone is 2. The van der Waals surface area contributed by atoms with Crippen LogP contribution in [0.3, 0.4) is 0 Å². The maximum atomic E-state index is 13.5. The van der Waals surface area contributed by atoms with Gasteiger partial charge in [0, 0.05) is 47.8 Å². The van der Waals surface area contributed by atoms with Crippen LogP contribution < -0.4 is 10.1 Å². The van der Waals surface area contributed by atoms with Gasteiger partial charge in [-0.15, -0.1) is 0 Å². The molecule has 8 nitrogen and oxygen atoms in total. The van der Waals surface area contributed by atoms with E-state index in [1.807, 2.05) is 46.0 Å². The lowest BCUT2D eigenvalue weighted by Gasteiger charge is -2.44. The van der Waals surface area contributed by atoms with Gasteiger partial charge in [0.1, 0.15) is 12.4 Å². The largest absolute Gasteiger partial charge is 0.496 e. The molecule has 3 rings (SSSR count). The van der Waals surface area contributed by atoms with Crippen LogP contribution >= 0.6 is 0 Å². The first-order valence-electron chi connectivity index (χ1n) is 11.3. The zero-order chi connectivity index (χ0) is 24.8. The van der Waals surface area contributed by atoms with Crippen molar-refractivity contribution < 1.29 is 19.0 Å². The Morgan fingerprint density at radius 3 is 2.62 bits per heavy atom. The molecule has 0 aliphatic carbocycles. The van der Waals surface area contributed by atoms with Gasteiger partial charge in [-0.25, -0.2) is 4.79 Å². The fraction of sp³-hybridized carbons (Fsp3) is 0.423. The van der Waals surface area contributed by atoms with Gasteiger partial charge in [-0.3, -0.25) is 0 Å². The number of nitrogens with one attached hydrogen (secondary N) is 1. The molecule has 178 valence electrons. The lowest BCUT2D eigenvalue weighted by Crippen LogP contribution is -2.44. The van der Waals surface area contributed by atoms with Crippen LogP contribution in [0.15, 0.2) is 52.5 Å². The molecule has 0 fully saturated rings. The summed E-state index contributed by atoms with van der Waals surface area (Å²) >= 11 is 0. The SMILES string of the molecule is CCOC1NC=C(C)C2=C1C(c1ccc(C#N)cc1OC)C(C(=O)OCCC#N)=C(C)N2CC. The Hall–Kier alpha value is -3.75. The minimum atomic E-state index is -0.539. The number of methoxy groups -OCH3 is 1. The van der Waals surface area contributed by atoms with E-state index in [4.69, 9.17) is 19.5 Å². The molecule has 34 heavy (non-hydrogen) atoms. The summed E-state index contributed by atoms with van der Waals surface area (Å²) in [4.78, 5) is 15.6. The van der Waals surface area contributed by atoms with E-state index in [0.29, 0.717) is 30.0 Å². The lowest BCUT2D eigenvalue weighted by molar-refractivity contribution is -0.139. The molecular formula is C26H30N4O4. The zero-order valence-corrected chi connectivity index (χ0v) is 20.3. The predicted molar refractivity (Wildman–Crippen MR) is 126 cm³/mol. The second-order valence-corrected chi connectivity index (χ2v) is 7.92. The van der Waals surface area contributed by atoms with Crippen molar-refractivity contribution in [2.24, 2.45) is 0 Å². The molecule has 2 atom stereocenters. The number of carbonyl (C=O) groups is 1. The monoisotopic (exact) mass is 462 g/mol. The van der Waals surface area contributed by atoms with E-state index in [0.717, 1.165) is 28.1 Å². The van der Waals surface area contributed by atoms with Crippen LogP contribution in [0, 0.1) is 22.7 Å². The average Bonchev–Trinajstić information content (AvgIpc) is 2.84. The summed E-state index contributed by atoms with van der Waals surface area (Å²) in [6, 6.07) is 9.35. The molecule has 0 bridgehead atoms. The fourth-order valence-electron chi connectivity index (χ4n) is 4.62. The molecule has 2 aliphatic heterocycles. The van der Waals surface area contributed by atoms with Crippen LogP contribution in [0.2, 0.25) is 0 Å². The summed E-state index contributed by atoms with van der Waals surface area (Å²) in [7, 11) is 1.54.